The maximum absolute atomic E-state index is 12.5. The Morgan fingerprint density at radius 1 is 1.12 bits per heavy atom. The van der Waals surface area contributed by atoms with Crippen LogP contribution in [-0.4, -0.2) is 37.3 Å². The van der Waals surface area contributed by atoms with Crippen molar-refractivity contribution in [1.29, 1.82) is 0 Å². The van der Waals surface area contributed by atoms with Gasteiger partial charge in [0.2, 0.25) is 15.9 Å². The highest BCUT2D eigenvalue weighted by Gasteiger charge is 2.22. The van der Waals surface area contributed by atoms with Gasteiger partial charge in [0.05, 0.1) is 10.6 Å². The minimum atomic E-state index is -3.65. The molecule has 9 heteroatoms. The summed E-state index contributed by atoms with van der Waals surface area (Å²) < 4.78 is 27.4. The summed E-state index contributed by atoms with van der Waals surface area (Å²) in [6, 6.07) is 15.4. The molecule has 0 saturated carbocycles. The first-order valence-corrected chi connectivity index (χ1v) is 13.2. The summed E-state index contributed by atoms with van der Waals surface area (Å²) >= 11 is 1.49. The molecule has 1 aliphatic heterocycles. The van der Waals surface area contributed by atoms with E-state index in [0.29, 0.717) is 5.13 Å². The van der Waals surface area contributed by atoms with Crippen molar-refractivity contribution in [2.24, 2.45) is 0 Å². The summed E-state index contributed by atoms with van der Waals surface area (Å²) in [5.74, 6) is -0.259. The average Bonchev–Trinajstić information content (AvgIpc) is 3.17. The summed E-state index contributed by atoms with van der Waals surface area (Å²) in [6.07, 6.45) is 0.888. The van der Waals surface area contributed by atoms with Crippen LogP contribution in [0.2, 0.25) is 0 Å². The zero-order valence-electron chi connectivity index (χ0n) is 18.8. The van der Waals surface area contributed by atoms with E-state index in [9.17, 15) is 13.2 Å². The van der Waals surface area contributed by atoms with Crippen LogP contribution < -0.4 is 10.0 Å². The highest BCUT2D eigenvalue weighted by Crippen LogP contribution is 2.29. The van der Waals surface area contributed by atoms with Crippen LogP contribution in [0.3, 0.4) is 0 Å². The van der Waals surface area contributed by atoms with Crippen molar-refractivity contribution in [3.63, 3.8) is 0 Å². The van der Waals surface area contributed by atoms with E-state index in [-0.39, 0.29) is 23.8 Å². The van der Waals surface area contributed by atoms with Gasteiger partial charge in [0, 0.05) is 43.9 Å². The number of sulfonamides is 1. The van der Waals surface area contributed by atoms with Crippen LogP contribution in [0.15, 0.2) is 53.4 Å². The van der Waals surface area contributed by atoms with Gasteiger partial charge in [0.15, 0.2) is 5.13 Å². The normalized spacial score (nSPS) is 14.1. The van der Waals surface area contributed by atoms with Crippen molar-refractivity contribution in [2.45, 2.75) is 44.7 Å². The number of aromatic nitrogens is 1. The molecule has 174 valence electrons. The molecular weight excluding hydrogens is 456 g/mol. The number of thiazole rings is 1. The molecule has 2 N–H and O–H groups in total. The van der Waals surface area contributed by atoms with E-state index in [4.69, 9.17) is 0 Å². The van der Waals surface area contributed by atoms with Crippen molar-refractivity contribution in [2.75, 3.05) is 18.4 Å². The zero-order chi connectivity index (χ0) is 23.4. The highest BCUT2D eigenvalue weighted by molar-refractivity contribution is 7.89. The smallest absolute Gasteiger partial charge is 0.240 e. The molecule has 0 fully saturated rings. The molecule has 0 unspecified atom stereocenters. The van der Waals surface area contributed by atoms with E-state index >= 15 is 0 Å². The van der Waals surface area contributed by atoms with Crippen LogP contribution in [0.25, 0.3) is 0 Å². The summed E-state index contributed by atoms with van der Waals surface area (Å²) in [4.78, 5) is 20.7. The molecule has 2 heterocycles. The zero-order valence-corrected chi connectivity index (χ0v) is 20.4. The topological polar surface area (TPSA) is 91.4 Å². The van der Waals surface area contributed by atoms with Crippen molar-refractivity contribution in [1.82, 2.24) is 14.6 Å². The Bertz CT molecular complexity index is 1240. The standard InChI is InChI=1S/C24H28N4O3S2/c1-17-8-9-20(14-18(17)2)33(30,31)25-12-10-23(29)27-24-26-21-11-13-28(16-22(21)32-24)15-19-6-4-3-5-7-19/h3-9,14,25H,10-13,15-16H2,1-2H3,(H,26,27,29). The van der Waals surface area contributed by atoms with Gasteiger partial charge < -0.3 is 5.32 Å². The fraction of sp³-hybridized carbons (Fsp3) is 0.333. The number of hydrogen-bond donors (Lipinski definition) is 2. The number of rotatable bonds is 8. The monoisotopic (exact) mass is 484 g/mol. The van der Waals surface area contributed by atoms with Gasteiger partial charge in [0.1, 0.15) is 0 Å². The Labute approximate surface area is 198 Å². The Morgan fingerprint density at radius 3 is 2.67 bits per heavy atom. The Balaban J connectivity index is 1.28. The second-order valence-corrected chi connectivity index (χ2v) is 11.1. The minimum Gasteiger partial charge on any atom is -0.302 e. The van der Waals surface area contributed by atoms with Gasteiger partial charge in [-0.1, -0.05) is 36.4 Å². The van der Waals surface area contributed by atoms with Gasteiger partial charge in [-0.3, -0.25) is 9.69 Å². The Kier molecular flexibility index (Phi) is 7.23. The molecule has 3 aromatic rings. The largest absolute Gasteiger partial charge is 0.302 e. The van der Waals surface area contributed by atoms with Crippen molar-refractivity contribution in [3.8, 4) is 0 Å². The number of nitrogens with one attached hydrogen (secondary N) is 2. The second-order valence-electron chi connectivity index (χ2n) is 8.28. The molecule has 1 aromatic heterocycles. The van der Waals surface area contributed by atoms with Gasteiger partial charge in [0.25, 0.3) is 0 Å². The molecule has 0 atom stereocenters. The van der Waals surface area contributed by atoms with Gasteiger partial charge in [-0.2, -0.15) is 0 Å². The lowest BCUT2D eigenvalue weighted by Crippen LogP contribution is -2.29. The number of aryl methyl sites for hydroxylation is 2. The molecular formula is C24H28N4O3S2. The van der Waals surface area contributed by atoms with E-state index in [2.05, 4.69) is 32.1 Å². The Morgan fingerprint density at radius 2 is 1.91 bits per heavy atom. The van der Waals surface area contributed by atoms with E-state index in [1.54, 1.807) is 18.2 Å². The lowest BCUT2D eigenvalue weighted by atomic mass is 10.1. The molecule has 1 amide bonds. The lowest BCUT2D eigenvalue weighted by molar-refractivity contribution is -0.116. The fourth-order valence-corrected chi connectivity index (χ4v) is 5.91. The average molecular weight is 485 g/mol. The summed E-state index contributed by atoms with van der Waals surface area (Å²) in [5.41, 5.74) is 4.26. The fourth-order valence-electron chi connectivity index (χ4n) is 3.72. The number of fused-ring (bicyclic) bond motifs is 1. The van der Waals surface area contributed by atoms with Gasteiger partial charge in [-0.05, 0) is 42.7 Å². The number of carbonyl (C=O) groups is 1. The van der Waals surface area contributed by atoms with E-state index in [1.807, 2.05) is 32.0 Å². The number of amides is 1. The SMILES string of the molecule is Cc1ccc(S(=O)(=O)NCCC(=O)Nc2nc3c(s2)CN(Cc2ccccc2)CC3)cc1C. The van der Waals surface area contributed by atoms with E-state index < -0.39 is 10.0 Å². The summed E-state index contributed by atoms with van der Waals surface area (Å²) in [6.45, 7) is 6.46. The molecule has 33 heavy (non-hydrogen) atoms. The first kappa shape index (κ1) is 23.6. The predicted molar refractivity (Wildman–Crippen MR) is 131 cm³/mol. The third kappa shape index (κ3) is 6.05. The van der Waals surface area contributed by atoms with Crippen molar-refractivity contribution >= 4 is 32.4 Å². The third-order valence-corrected chi connectivity index (χ3v) is 8.19. The van der Waals surface area contributed by atoms with E-state index in [0.717, 1.165) is 42.9 Å². The van der Waals surface area contributed by atoms with Gasteiger partial charge in [-0.15, -0.1) is 11.3 Å². The highest BCUT2D eigenvalue weighted by atomic mass is 32.2. The van der Waals surface area contributed by atoms with Crippen LogP contribution in [0.4, 0.5) is 5.13 Å². The first-order chi connectivity index (χ1) is 15.8. The predicted octanol–water partition coefficient (Wildman–Crippen LogP) is 3.63. The number of anilines is 1. The molecule has 0 saturated heterocycles. The molecule has 1 aliphatic rings. The number of nitrogens with zero attached hydrogens (tertiary/aromatic N) is 2. The lowest BCUT2D eigenvalue weighted by Gasteiger charge is -2.25. The van der Waals surface area contributed by atoms with Crippen molar-refractivity contribution in [3.05, 3.63) is 75.8 Å². The molecule has 2 aromatic carbocycles. The quantitative estimate of drug-likeness (QED) is 0.510. The van der Waals surface area contributed by atoms with Crippen LogP contribution in [0, 0.1) is 13.8 Å². The molecule has 0 bridgehead atoms. The van der Waals surface area contributed by atoms with Crippen molar-refractivity contribution < 1.29 is 13.2 Å². The number of benzene rings is 2. The van der Waals surface area contributed by atoms with Gasteiger partial charge >= 0.3 is 0 Å². The molecule has 4 rings (SSSR count). The van der Waals surface area contributed by atoms with Crippen LogP contribution in [-0.2, 0) is 34.3 Å². The van der Waals surface area contributed by atoms with Crippen LogP contribution in [0.1, 0.15) is 33.7 Å². The second kappa shape index (κ2) is 10.1. The number of carbonyl (C=O) groups excluding carboxylic acids is 1. The number of hydrogen-bond acceptors (Lipinski definition) is 6. The maximum atomic E-state index is 12.5. The Hall–Kier alpha value is -2.59. The maximum Gasteiger partial charge on any atom is 0.240 e. The molecule has 0 spiro atoms. The van der Waals surface area contributed by atoms with E-state index in [1.165, 1.54) is 21.8 Å². The van der Waals surface area contributed by atoms with Crippen LogP contribution in [0.5, 0.6) is 0 Å². The van der Waals surface area contributed by atoms with Gasteiger partial charge in [-0.25, -0.2) is 18.1 Å². The summed E-state index contributed by atoms with van der Waals surface area (Å²) in [7, 11) is -3.65. The molecule has 0 radical (unpaired) electrons. The minimum absolute atomic E-state index is 0.0248. The summed E-state index contributed by atoms with van der Waals surface area (Å²) in [5, 5.41) is 3.39. The molecule has 0 aliphatic carbocycles. The van der Waals surface area contributed by atoms with Crippen LogP contribution >= 0.6 is 11.3 Å². The molecule has 7 nitrogen and oxygen atoms in total. The first-order valence-electron chi connectivity index (χ1n) is 10.9. The third-order valence-electron chi connectivity index (χ3n) is 5.74.